The van der Waals surface area contributed by atoms with Crippen molar-refractivity contribution < 1.29 is 18.7 Å². The summed E-state index contributed by atoms with van der Waals surface area (Å²) < 4.78 is 19.3. The highest BCUT2D eigenvalue weighted by Crippen LogP contribution is 2.47. The van der Waals surface area contributed by atoms with Gasteiger partial charge in [0.2, 0.25) is 11.8 Å². The first-order valence-corrected chi connectivity index (χ1v) is 12.8. The number of fused-ring (bicyclic) bond motifs is 1. The second kappa shape index (κ2) is 10.5. The lowest BCUT2D eigenvalue weighted by Crippen LogP contribution is -2.35. The summed E-state index contributed by atoms with van der Waals surface area (Å²) in [7, 11) is 0. The third-order valence-electron chi connectivity index (χ3n) is 6.96. The van der Waals surface area contributed by atoms with E-state index in [4.69, 9.17) is 10.00 Å². The van der Waals surface area contributed by atoms with Gasteiger partial charge in [-0.05, 0) is 91.2 Å². The molecule has 2 heterocycles. The number of carbonyl (C=O) groups is 2. The van der Waals surface area contributed by atoms with E-state index in [0.29, 0.717) is 41.3 Å². The Morgan fingerprint density at radius 1 is 0.854 bits per heavy atom. The topological polar surface area (TPSA) is 117 Å². The fourth-order valence-corrected chi connectivity index (χ4v) is 4.50. The standard InChI is InChI=1S/C32H22FN5O3/c33-23-2-4-24(5-3-23)37-30(39)32(12-13-32)31(40)38-25-6-8-26(9-7-25)41-29-11-14-36-28-16-21(1-10-27(28)29)22-15-20(17-34)18-35-19-22/h1-11,14-16,18-19H,12-13H2,(H,37,39)(H,38,40). The summed E-state index contributed by atoms with van der Waals surface area (Å²) in [6, 6.07) is 23.7. The number of nitrogens with one attached hydrogen (secondary N) is 2. The van der Waals surface area contributed by atoms with Crippen molar-refractivity contribution in [2.45, 2.75) is 12.8 Å². The first kappa shape index (κ1) is 25.6. The Morgan fingerprint density at radius 2 is 1.54 bits per heavy atom. The number of nitriles is 1. The van der Waals surface area contributed by atoms with Gasteiger partial charge < -0.3 is 15.4 Å². The van der Waals surface area contributed by atoms with E-state index in [-0.39, 0.29) is 0 Å². The molecule has 0 spiro atoms. The van der Waals surface area contributed by atoms with Gasteiger partial charge in [0.1, 0.15) is 28.8 Å². The molecule has 0 saturated heterocycles. The highest BCUT2D eigenvalue weighted by atomic mass is 19.1. The minimum Gasteiger partial charge on any atom is -0.457 e. The number of aromatic nitrogens is 2. The van der Waals surface area contributed by atoms with Crippen LogP contribution in [-0.2, 0) is 9.59 Å². The first-order chi connectivity index (χ1) is 19.9. The van der Waals surface area contributed by atoms with E-state index in [1.807, 2.05) is 18.2 Å². The van der Waals surface area contributed by atoms with Crippen molar-refractivity contribution in [1.29, 1.82) is 5.26 Å². The molecule has 0 atom stereocenters. The smallest absolute Gasteiger partial charge is 0.240 e. The zero-order valence-electron chi connectivity index (χ0n) is 21.6. The van der Waals surface area contributed by atoms with Gasteiger partial charge in [0, 0.05) is 40.9 Å². The number of amides is 2. The molecule has 8 nitrogen and oxygen atoms in total. The molecule has 0 bridgehead atoms. The molecule has 9 heteroatoms. The molecule has 1 fully saturated rings. The van der Waals surface area contributed by atoms with Gasteiger partial charge in [-0.2, -0.15) is 5.26 Å². The second-order valence-corrected chi connectivity index (χ2v) is 9.74. The van der Waals surface area contributed by atoms with Gasteiger partial charge in [0.25, 0.3) is 0 Å². The largest absolute Gasteiger partial charge is 0.457 e. The molecule has 5 aromatic rings. The highest BCUT2D eigenvalue weighted by Gasteiger charge is 2.56. The van der Waals surface area contributed by atoms with E-state index < -0.39 is 23.0 Å². The van der Waals surface area contributed by atoms with E-state index in [2.05, 4.69) is 26.7 Å². The van der Waals surface area contributed by atoms with Crippen molar-refractivity contribution >= 4 is 34.1 Å². The molecule has 0 unspecified atom stereocenters. The van der Waals surface area contributed by atoms with Gasteiger partial charge in [-0.1, -0.05) is 6.07 Å². The third kappa shape index (κ3) is 5.31. The number of nitrogens with zero attached hydrogens (tertiary/aromatic N) is 3. The predicted octanol–water partition coefficient (Wildman–Crippen LogP) is 6.46. The monoisotopic (exact) mass is 543 g/mol. The van der Waals surface area contributed by atoms with Gasteiger partial charge in [-0.3, -0.25) is 19.6 Å². The number of ether oxygens (including phenoxy) is 1. The highest BCUT2D eigenvalue weighted by molar-refractivity contribution is 6.16. The van der Waals surface area contributed by atoms with Crippen molar-refractivity contribution in [3.63, 3.8) is 0 Å². The Bertz CT molecular complexity index is 1830. The zero-order valence-corrected chi connectivity index (χ0v) is 21.6. The van der Waals surface area contributed by atoms with Crippen molar-refractivity contribution in [1.82, 2.24) is 9.97 Å². The van der Waals surface area contributed by atoms with Crippen LogP contribution in [0, 0.1) is 22.6 Å². The first-order valence-electron chi connectivity index (χ1n) is 12.8. The number of carbonyl (C=O) groups excluding carboxylic acids is 2. The average Bonchev–Trinajstić information content (AvgIpc) is 3.82. The van der Waals surface area contributed by atoms with Crippen LogP contribution in [0.15, 0.2) is 97.5 Å². The Balaban J connectivity index is 1.13. The van der Waals surface area contributed by atoms with Gasteiger partial charge in [-0.25, -0.2) is 4.39 Å². The second-order valence-electron chi connectivity index (χ2n) is 9.74. The minimum atomic E-state index is -1.15. The Kier molecular flexibility index (Phi) is 6.57. The maximum atomic E-state index is 13.2. The van der Waals surface area contributed by atoms with Gasteiger partial charge >= 0.3 is 0 Å². The summed E-state index contributed by atoms with van der Waals surface area (Å²) in [5.41, 5.74) is 2.71. The summed E-state index contributed by atoms with van der Waals surface area (Å²) in [6.07, 6.45) is 5.74. The molecule has 0 aliphatic heterocycles. The summed E-state index contributed by atoms with van der Waals surface area (Å²) >= 11 is 0. The molecular weight excluding hydrogens is 521 g/mol. The molecule has 1 aliphatic rings. The molecule has 41 heavy (non-hydrogen) atoms. The summed E-state index contributed by atoms with van der Waals surface area (Å²) in [5.74, 6) is -0.0462. The van der Waals surface area contributed by atoms with Gasteiger partial charge in [0.15, 0.2) is 0 Å². The van der Waals surface area contributed by atoms with Crippen molar-refractivity contribution in [2.75, 3.05) is 10.6 Å². The normalized spacial score (nSPS) is 13.2. The van der Waals surface area contributed by atoms with E-state index in [0.717, 1.165) is 22.0 Å². The Hall–Kier alpha value is -5.62. The van der Waals surface area contributed by atoms with Crippen LogP contribution in [0.25, 0.3) is 22.0 Å². The number of anilines is 2. The molecule has 2 amide bonds. The van der Waals surface area contributed by atoms with Crippen LogP contribution in [0.4, 0.5) is 15.8 Å². The van der Waals surface area contributed by atoms with Crippen molar-refractivity contribution in [3.05, 3.63) is 109 Å². The quantitative estimate of drug-likeness (QED) is 0.228. The SMILES string of the molecule is N#Cc1cncc(-c2ccc3c(Oc4ccc(NC(=O)C5(C(=O)Nc6ccc(F)cc6)CC5)cc4)ccnc3c2)c1. The Labute approximate surface area is 234 Å². The number of hydrogen-bond donors (Lipinski definition) is 2. The van der Waals surface area contributed by atoms with E-state index >= 15 is 0 Å². The molecular formula is C32H22FN5O3. The number of rotatable bonds is 7. The molecule has 0 radical (unpaired) electrons. The summed E-state index contributed by atoms with van der Waals surface area (Å²) in [4.78, 5) is 34.4. The lowest BCUT2D eigenvalue weighted by Gasteiger charge is -2.16. The lowest BCUT2D eigenvalue weighted by molar-refractivity contribution is -0.131. The number of halogens is 1. The lowest BCUT2D eigenvalue weighted by atomic mass is 10.0. The number of pyridine rings is 2. The van der Waals surface area contributed by atoms with Gasteiger partial charge in [0.05, 0.1) is 11.1 Å². The number of hydrogen-bond acceptors (Lipinski definition) is 6. The number of benzene rings is 3. The van der Waals surface area contributed by atoms with Crippen LogP contribution in [0.3, 0.4) is 0 Å². The van der Waals surface area contributed by atoms with Crippen LogP contribution < -0.4 is 15.4 Å². The molecule has 3 aromatic carbocycles. The fraction of sp³-hybridized carbons (Fsp3) is 0.0938. The molecule has 1 saturated carbocycles. The summed E-state index contributed by atoms with van der Waals surface area (Å²) in [5, 5.41) is 15.5. The fourth-order valence-electron chi connectivity index (χ4n) is 4.50. The third-order valence-corrected chi connectivity index (χ3v) is 6.96. The van der Waals surface area contributed by atoms with Crippen LogP contribution in [0.1, 0.15) is 18.4 Å². The minimum absolute atomic E-state index is 0.391. The van der Waals surface area contributed by atoms with E-state index in [1.165, 1.54) is 30.5 Å². The molecule has 1 aliphatic carbocycles. The maximum absolute atomic E-state index is 13.2. The van der Waals surface area contributed by atoms with Gasteiger partial charge in [-0.15, -0.1) is 0 Å². The van der Waals surface area contributed by atoms with Crippen LogP contribution in [0.5, 0.6) is 11.5 Å². The van der Waals surface area contributed by atoms with E-state index in [1.54, 1.807) is 48.8 Å². The van der Waals surface area contributed by atoms with Crippen LogP contribution in [-0.4, -0.2) is 21.8 Å². The average molecular weight is 544 g/mol. The molecule has 2 aromatic heterocycles. The summed E-state index contributed by atoms with van der Waals surface area (Å²) in [6.45, 7) is 0. The van der Waals surface area contributed by atoms with Crippen LogP contribution >= 0.6 is 0 Å². The maximum Gasteiger partial charge on any atom is 0.240 e. The Morgan fingerprint density at radius 3 is 2.20 bits per heavy atom. The van der Waals surface area contributed by atoms with E-state index in [9.17, 15) is 14.0 Å². The zero-order chi connectivity index (χ0) is 28.4. The van der Waals surface area contributed by atoms with Crippen LogP contribution in [0.2, 0.25) is 0 Å². The molecule has 200 valence electrons. The van der Waals surface area contributed by atoms with Crippen molar-refractivity contribution in [3.8, 4) is 28.7 Å². The predicted molar refractivity (Wildman–Crippen MR) is 152 cm³/mol. The molecule has 2 N–H and O–H groups in total. The van der Waals surface area contributed by atoms with Crippen molar-refractivity contribution in [2.24, 2.45) is 5.41 Å². The molecule has 6 rings (SSSR count).